The van der Waals surface area contributed by atoms with E-state index in [1.165, 1.54) is 10.9 Å². The Morgan fingerprint density at radius 3 is 2.57 bits per heavy atom. The van der Waals surface area contributed by atoms with Gasteiger partial charge < -0.3 is 10.3 Å². The highest BCUT2D eigenvalue weighted by Crippen LogP contribution is 2.21. The zero-order chi connectivity index (χ0) is 15.0. The summed E-state index contributed by atoms with van der Waals surface area (Å²) >= 11 is 0. The van der Waals surface area contributed by atoms with Crippen LogP contribution in [0.2, 0.25) is 0 Å². The molecular formula is C12H10N5O3S-. The van der Waals surface area contributed by atoms with Crippen molar-refractivity contribution < 1.29 is 13.0 Å². The second kappa shape index (κ2) is 4.79. The van der Waals surface area contributed by atoms with Crippen molar-refractivity contribution in [2.24, 2.45) is 0 Å². The molecule has 108 valence electrons. The number of anilines is 1. The van der Waals surface area contributed by atoms with Gasteiger partial charge in [0.1, 0.15) is 6.33 Å². The molecule has 9 heteroatoms. The lowest BCUT2D eigenvalue weighted by molar-refractivity contribution is 0.448. The van der Waals surface area contributed by atoms with Gasteiger partial charge in [0, 0.05) is 0 Å². The van der Waals surface area contributed by atoms with Crippen molar-refractivity contribution in [2.45, 2.75) is 11.7 Å². The van der Waals surface area contributed by atoms with Crippen LogP contribution < -0.4 is 5.73 Å². The second-order valence-corrected chi connectivity index (χ2v) is 5.62. The number of aromatic nitrogens is 4. The van der Waals surface area contributed by atoms with E-state index in [9.17, 15) is 13.0 Å². The Morgan fingerprint density at radius 1 is 1.19 bits per heavy atom. The van der Waals surface area contributed by atoms with E-state index in [0.29, 0.717) is 0 Å². The van der Waals surface area contributed by atoms with Gasteiger partial charge in [-0.1, -0.05) is 30.3 Å². The molecule has 0 aliphatic rings. The fourth-order valence-corrected chi connectivity index (χ4v) is 2.66. The largest absolute Gasteiger partial charge is 0.742 e. The van der Waals surface area contributed by atoms with E-state index in [1.807, 2.05) is 18.2 Å². The average Bonchev–Trinajstić information content (AvgIpc) is 2.80. The van der Waals surface area contributed by atoms with Gasteiger partial charge in [-0.3, -0.25) is 4.57 Å². The fourth-order valence-electron chi connectivity index (χ4n) is 2.03. The van der Waals surface area contributed by atoms with Crippen LogP contribution in [0, 0.1) is 0 Å². The molecule has 2 heterocycles. The first-order chi connectivity index (χ1) is 9.97. The highest BCUT2D eigenvalue weighted by Gasteiger charge is 2.19. The van der Waals surface area contributed by atoms with Gasteiger partial charge in [-0.2, -0.15) is 0 Å². The zero-order valence-corrected chi connectivity index (χ0v) is 11.5. The topological polar surface area (TPSA) is 127 Å². The van der Waals surface area contributed by atoms with Crippen LogP contribution in [0.5, 0.6) is 0 Å². The van der Waals surface area contributed by atoms with Crippen LogP contribution in [0.1, 0.15) is 5.56 Å². The molecule has 0 aliphatic carbocycles. The number of benzene rings is 1. The number of fused-ring (bicyclic) bond motifs is 1. The van der Waals surface area contributed by atoms with Crippen molar-refractivity contribution in [3.8, 4) is 0 Å². The number of rotatable bonds is 3. The molecule has 0 unspecified atom stereocenters. The Morgan fingerprint density at radius 2 is 1.90 bits per heavy atom. The summed E-state index contributed by atoms with van der Waals surface area (Å²) in [5.74, 6) is 0.0247. The first-order valence-electron chi connectivity index (χ1n) is 5.93. The number of nitrogen functional groups attached to an aromatic ring is 1. The molecule has 0 bridgehead atoms. The molecule has 0 atom stereocenters. The number of hydrogen-bond donors (Lipinski definition) is 1. The predicted octanol–water partition coefficient (Wildman–Crippen LogP) is 0.361. The normalized spacial score (nSPS) is 11.9. The molecule has 2 aromatic heterocycles. The first kappa shape index (κ1) is 13.5. The van der Waals surface area contributed by atoms with Gasteiger partial charge in [0.15, 0.2) is 27.1 Å². The molecule has 0 spiro atoms. The smallest absolute Gasteiger partial charge is 0.217 e. The number of imidazole rings is 1. The third-order valence-electron chi connectivity index (χ3n) is 2.93. The fraction of sp³-hybridized carbons (Fsp3) is 0.0833. The van der Waals surface area contributed by atoms with Gasteiger partial charge >= 0.3 is 0 Å². The SMILES string of the molecule is Nc1ncnc2c1nc(S(=O)(=O)[O-])n2Cc1ccccc1. The third kappa shape index (κ3) is 2.43. The summed E-state index contributed by atoms with van der Waals surface area (Å²) < 4.78 is 35.4. The lowest BCUT2D eigenvalue weighted by Crippen LogP contribution is -2.11. The van der Waals surface area contributed by atoms with Gasteiger partial charge in [0.2, 0.25) is 5.16 Å². The summed E-state index contributed by atoms with van der Waals surface area (Å²) in [6, 6.07) is 9.06. The maximum Gasteiger partial charge on any atom is 0.217 e. The van der Waals surface area contributed by atoms with Crippen LogP contribution in [0.3, 0.4) is 0 Å². The minimum Gasteiger partial charge on any atom is -0.742 e. The van der Waals surface area contributed by atoms with Crippen LogP contribution in [-0.4, -0.2) is 32.5 Å². The van der Waals surface area contributed by atoms with E-state index in [2.05, 4.69) is 15.0 Å². The molecule has 0 radical (unpaired) electrons. The Balaban J connectivity index is 2.26. The van der Waals surface area contributed by atoms with Gasteiger partial charge in [0.05, 0.1) is 6.54 Å². The maximum absolute atomic E-state index is 11.4. The van der Waals surface area contributed by atoms with E-state index in [4.69, 9.17) is 5.73 Å². The summed E-state index contributed by atoms with van der Waals surface area (Å²) in [4.78, 5) is 11.5. The van der Waals surface area contributed by atoms with E-state index in [0.717, 1.165) is 5.56 Å². The van der Waals surface area contributed by atoms with Gasteiger partial charge in [-0.05, 0) is 5.56 Å². The molecule has 3 aromatic rings. The lowest BCUT2D eigenvalue weighted by Gasteiger charge is -2.10. The van der Waals surface area contributed by atoms with Crippen LogP contribution >= 0.6 is 0 Å². The van der Waals surface area contributed by atoms with Crippen molar-refractivity contribution in [1.82, 2.24) is 19.5 Å². The average molecular weight is 304 g/mol. The molecule has 2 N–H and O–H groups in total. The quantitative estimate of drug-likeness (QED) is 0.692. The van der Waals surface area contributed by atoms with Crippen molar-refractivity contribution in [2.75, 3.05) is 5.73 Å². The molecule has 0 amide bonds. The molecule has 0 aliphatic heterocycles. The summed E-state index contributed by atoms with van der Waals surface area (Å²) in [6.45, 7) is 0.143. The maximum atomic E-state index is 11.4. The number of nitrogens with zero attached hydrogens (tertiary/aromatic N) is 4. The van der Waals surface area contributed by atoms with E-state index < -0.39 is 15.3 Å². The van der Waals surface area contributed by atoms with Gasteiger partial charge in [0.25, 0.3) is 0 Å². The van der Waals surface area contributed by atoms with E-state index in [1.54, 1.807) is 12.1 Å². The molecule has 0 saturated heterocycles. The van der Waals surface area contributed by atoms with E-state index in [-0.39, 0.29) is 23.5 Å². The van der Waals surface area contributed by atoms with Crippen LogP contribution in [0.15, 0.2) is 41.8 Å². The second-order valence-electron chi connectivity index (χ2n) is 4.35. The number of nitrogens with two attached hydrogens (primary N) is 1. The number of hydrogen-bond acceptors (Lipinski definition) is 7. The molecule has 8 nitrogen and oxygen atoms in total. The monoisotopic (exact) mass is 304 g/mol. The predicted molar refractivity (Wildman–Crippen MR) is 73.2 cm³/mol. The molecule has 0 saturated carbocycles. The van der Waals surface area contributed by atoms with Crippen molar-refractivity contribution >= 4 is 27.1 Å². The summed E-state index contributed by atoms with van der Waals surface area (Å²) in [7, 11) is -4.75. The van der Waals surface area contributed by atoms with Crippen molar-refractivity contribution in [3.63, 3.8) is 0 Å². The third-order valence-corrected chi connectivity index (χ3v) is 3.69. The van der Waals surface area contributed by atoms with Gasteiger partial charge in [-0.25, -0.2) is 23.4 Å². The molecule has 3 rings (SSSR count). The van der Waals surface area contributed by atoms with Crippen LogP contribution in [-0.2, 0) is 16.7 Å². The highest BCUT2D eigenvalue weighted by molar-refractivity contribution is 7.85. The Labute approximate surface area is 120 Å². The first-order valence-corrected chi connectivity index (χ1v) is 7.34. The highest BCUT2D eigenvalue weighted by atomic mass is 32.2. The Hall–Kier alpha value is -2.52. The molecule has 1 aromatic carbocycles. The standard InChI is InChI=1S/C12H11N5O3S/c13-10-9-11(15-7-14-10)17(12(16-9)21(18,19)20)6-8-4-2-1-3-5-8/h1-5,7H,6H2,(H2,13,14,15)(H,18,19,20)/p-1. The lowest BCUT2D eigenvalue weighted by atomic mass is 10.2. The molecular weight excluding hydrogens is 294 g/mol. The Bertz CT molecular complexity index is 905. The van der Waals surface area contributed by atoms with E-state index >= 15 is 0 Å². The van der Waals surface area contributed by atoms with Crippen molar-refractivity contribution in [1.29, 1.82) is 0 Å². The van der Waals surface area contributed by atoms with Crippen molar-refractivity contribution in [3.05, 3.63) is 42.2 Å². The minimum atomic E-state index is -4.75. The van der Waals surface area contributed by atoms with Gasteiger partial charge in [-0.15, -0.1) is 0 Å². The van der Waals surface area contributed by atoms with Crippen LogP contribution in [0.4, 0.5) is 5.82 Å². The van der Waals surface area contributed by atoms with Crippen LogP contribution in [0.25, 0.3) is 11.2 Å². The summed E-state index contributed by atoms with van der Waals surface area (Å²) in [6.07, 6.45) is 1.20. The molecule has 21 heavy (non-hydrogen) atoms. The zero-order valence-electron chi connectivity index (χ0n) is 10.7. The minimum absolute atomic E-state index is 0.0247. The summed E-state index contributed by atoms with van der Waals surface area (Å²) in [5, 5.41) is -0.617. The Kier molecular flexibility index (Phi) is 3.07. The molecule has 0 fully saturated rings. The summed E-state index contributed by atoms with van der Waals surface area (Å²) in [5.41, 5.74) is 6.76.